The van der Waals surface area contributed by atoms with Crippen LogP contribution in [0.1, 0.15) is 31.9 Å². The molecule has 1 aromatic carbocycles. The Morgan fingerprint density at radius 1 is 1.14 bits per heavy atom. The molecule has 7 nitrogen and oxygen atoms in total. The van der Waals surface area contributed by atoms with E-state index in [0.717, 1.165) is 12.3 Å². The van der Waals surface area contributed by atoms with Gasteiger partial charge in [0.05, 0.1) is 11.8 Å². The van der Waals surface area contributed by atoms with Gasteiger partial charge in [0.15, 0.2) is 5.96 Å². The van der Waals surface area contributed by atoms with E-state index in [1.165, 1.54) is 19.2 Å². The Hall–Kier alpha value is -1.28. The largest absolute Gasteiger partial charge is 0.488 e. The van der Waals surface area contributed by atoms with Crippen LogP contribution in [0.3, 0.4) is 0 Å². The van der Waals surface area contributed by atoms with Crippen molar-refractivity contribution in [1.29, 1.82) is 0 Å². The molecule has 0 radical (unpaired) electrons. The number of aliphatic imine (C=N–C) groups is 1. The van der Waals surface area contributed by atoms with Crippen LogP contribution >= 0.6 is 24.0 Å². The summed E-state index contributed by atoms with van der Waals surface area (Å²) in [4.78, 5) is 3.91. The van der Waals surface area contributed by atoms with Crippen LogP contribution in [0.2, 0.25) is 0 Å². The average molecular weight is 552 g/mol. The smallest absolute Gasteiger partial charge is 0.416 e. The van der Waals surface area contributed by atoms with E-state index in [9.17, 15) is 21.6 Å². The SMILES string of the molecule is CN=C(NCCNS(C)(=O)=O)NCc1ccc(OC(C)(C)C)cc1C(F)(F)F.I. The maximum Gasteiger partial charge on any atom is 0.416 e. The van der Waals surface area contributed by atoms with Crippen LogP contribution in [0.25, 0.3) is 0 Å². The summed E-state index contributed by atoms with van der Waals surface area (Å²) in [6, 6.07) is 3.83. The zero-order valence-electron chi connectivity index (χ0n) is 17.0. The normalized spacial score (nSPS) is 12.9. The van der Waals surface area contributed by atoms with Crippen molar-refractivity contribution in [2.75, 3.05) is 26.4 Å². The molecule has 0 aliphatic carbocycles. The molecule has 0 saturated carbocycles. The average Bonchev–Trinajstić information content (AvgIpc) is 2.51. The second-order valence-electron chi connectivity index (χ2n) is 7.05. The number of halogens is 4. The Bertz CT molecular complexity index is 794. The van der Waals surface area contributed by atoms with E-state index in [1.54, 1.807) is 20.8 Å². The van der Waals surface area contributed by atoms with E-state index in [2.05, 4.69) is 20.3 Å². The molecule has 0 aliphatic heterocycles. The number of benzene rings is 1. The van der Waals surface area contributed by atoms with Crippen molar-refractivity contribution in [2.45, 2.75) is 39.1 Å². The van der Waals surface area contributed by atoms with Gasteiger partial charge >= 0.3 is 6.18 Å². The fourth-order valence-electron chi connectivity index (χ4n) is 2.21. The predicted octanol–water partition coefficient (Wildman–Crippen LogP) is 2.71. The number of hydrogen-bond acceptors (Lipinski definition) is 4. The Labute approximate surface area is 187 Å². The molecule has 12 heteroatoms. The van der Waals surface area contributed by atoms with Gasteiger partial charge in [0, 0.05) is 26.7 Å². The summed E-state index contributed by atoms with van der Waals surface area (Å²) >= 11 is 0. The first kappa shape index (κ1) is 27.7. The van der Waals surface area contributed by atoms with Crippen molar-refractivity contribution in [3.05, 3.63) is 29.3 Å². The van der Waals surface area contributed by atoms with E-state index < -0.39 is 27.4 Å². The van der Waals surface area contributed by atoms with Crippen LogP contribution in [0.4, 0.5) is 13.2 Å². The summed E-state index contributed by atoms with van der Waals surface area (Å²) in [6.45, 7) is 5.48. The standard InChI is InChI=1S/C17H27F3N4O3S.HI/c1-16(2,3)27-13-7-6-12(14(10-13)17(18,19)20)11-23-15(21-4)22-8-9-24-28(5,25)26;/h6-7,10,24H,8-9,11H2,1-5H3,(H2,21,22,23);1H. The summed E-state index contributed by atoms with van der Waals surface area (Å²) in [6.07, 6.45) is -3.50. The lowest BCUT2D eigenvalue weighted by Gasteiger charge is -2.23. The van der Waals surface area contributed by atoms with Gasteiger partial charge in [0.1, 0.15) is 11.4 Å². The van der Waals surface area contributed by atoms with Gasteiger partial charge in [0.2, 0.25) is 10.0 Å². The van der Waals surface area contributed by atoms with Crippen LogP contribution < -0.4 is 20.1 Å². The van der Waals surface area contributed by atoms with Crippen molar-refractivity contribution in [3.63, 3.8) is 0 Å². The first-order chi connectivity index (χ1) is 12.7. The number of rotatable bonds is 7. The third-order valence-corrected chi connectivity index (χ3v) is 3.99. The molecule has 0 saturated heterocycles. The molecule has 29 heavy (non-hydrogen) atoms. The van der Waals surface area contributed by atoms with E-state index in [0.29, 0.717) is 0 Å². The predicted molar refractivity (Wildman–Crippen MR) is 118 cm³/mol. The van der Waals surface area contributed by atoms with Gasteiger partial charge in [-0.05, 0) is 38.5 Å². The maximum absolute atomic E-state index is 13.4. The summed E-state index contributed by atoms with van der Waals surface area (Å²) in [5.74, 6) is 0.386. The number of nitrogens with one attached hydrogen (secondary N) is 3. The Kier molecular flexibility index (Phi) is 10.7. The molecule has 3 N–H and O–H groups in total. The first-order valence-electron chi connectivity index (χ1n) is 8.49. The van der Waals surface area contributed by atoms with Gasteiger partial charge < -0.3 is 15.4 Å². The van der Waals surface area contributed by atoms with Crippen molar-refractivity contribution < 1.29 is 26.3 Å². The molecule has 1 aromatic rings. The van der Waals surface area contributed by atoms with Gasteiger partial charge in [0.25, 0.3) is 0 Å². The minimum atomic E-state index is -4.54. The Morgan fingerprint density at radius 3 is 2.24 bits per heavy atom. The Morgan fingerprint density at radius 2 is 1.76 bits per heavy atom. The topological polar surface area (TPSA) is 91.8 Å². The van der Waals surface area contributed by atoms with Crippen LogP contribution in [-0.4, -0.2) is 46.4 Å². The molecule has 0 unspecified atom stereocenters. The Balaban J connectivity index is 0.00000784. The number of sulfonamides is 1. The van der Waals surface area contributed by atoms with Crippen LogP contribution in [-0.2, 0) is 22.7 Å². The monoisotopic (exact) mass is 552 g/mol. The van der Waals surface area contributed by atoms with Gasteiger partial charge in [-0.25, -0.2) is 13.1 Å². The summed E-state index contributed by atoms with van der Waals surface area (Å²) in [5.41, 5.74) is -1.38. The fourth-order valence-corrected chi connectivity index (χ4v) is 2.68. The van der Waals surface area contributed by atoms with E-state index in [1.807, 2.05) is 0 Å². The third kappa shape index (κ3) is 11.5. The molecule has 0 atom stereocenters. The quantitative estimate of drug-likeness (QED) is 0.210. The highest BCUT2D eigenvalue weighted by molar-refractivity contribution is 14.0. The van der Waals surface area contributed by atoms with E-state index >= 15 is 0 Å². The van der Waals surface area contributed by atoms with Gasteiger partial charge in [-0.1, -0.05) is 6.07 Å². The molecule has 0 bridgehead atoms. The van der Waals surface area contributed by atoms with Crippen LogP contribution in [0.15, 0.2) is 23.2 Å². The van der Waals surface area contributed by atoms with Crippen LogP contribution in [0.5, 0.6) is 5.75 Å². The van der Waals surface area contributed by atoms with E-state index in [-0.39, 0.29) is 60.9 Å². The lowest BCUT2D eigenvalue weighted by atomic mass is 10.1. The molecule has 0 amide bonds. The maximum atomic E-state index is 13.4. The summed E-state index contributed by atoms with van der Waals surface area (Å²) < 4.78 is 70.1. The van der Waals surface area contributed by atoms with Crippen molar-refractivity contribution in [1.82, 2.24) is 15.4 Å². The molecule has 0 fully saturated rings. The first-order valence-corrected chi connectivity index (χ1v) is 10.4. The molecular weight excluding hydrogens is 524 g/mol. The van der Waals surface area contributed by atoms with Gasteiger partial charge in [-0.2, -0.15) is 13.2 Å². The molecule has 0 spiro atoms. The number of ether oxygens (including phenoxy) is 1. The second-order valence-corrected chi connectivity index (χ2v) is 8.88. The third-order valence-electron chi connectivity index (χ3n) is 3.26. The molecular formula is C17H28F3IN4O3S. The van der Waals surface area contributed by atoms with Crippen molar-refractivity contribution in [3.8, 4) is 5.75 Å². The fraction of sp³-hybridized carbons (Fsp3) is 0.588. The van der Waals surface area contributed by atoms with Crippen molar-refractivity contribution >= 4 is 40.0 Å². The zero-order chi connectivity index (χ0) is 21.6. The van der Waals surface area contributed by atoms with Crippen LogP contribution in [0, 0.1) is 0 Å². The molecule has 0 heterocycles. The number of nitrogens with zero attached hydrogens (tertiary/aromatic N) is 1. The number of alkyl halides is 3. The highest BCUT2D eigenvalue weighted by atomic mass is 127. The highest BCUT2D eigenvalue weighted by Crippen LogP contribution is 2.35. The van der Waals surface area contributed by atoms with E-state index in [4.69, 9.17) is 4.74 Å². The molecule has 1 rings (SSSR count). The summed E-state index contributed by atoms with van der Waals surface area (Å²) in [5, 5.41) is 5.60. The van der Waals surface area contributed by atoms with Crippen molar-refractivity contribution in [2.24, 2.45) is 4.99 Å². The zero-order valence-corrected chi connectivity index (χ0v) is 20.1. The lowest BCUT2D eigenvalue weighted by molar-refractivity contribution is -0.138. The van der Waals surface area contributed by atoms with Gasteiger partial charge in [-0.15, -0.1) is 24.0 Å². The van der Waals surface area contributed by atoms with Gasteiger partial charge in [-0.3, -0.25) is 4.99 Å². The second kappa shape index (κ2) is 11.2. The summed E-state index contributed by atoms with van der Waals surface area (Å²) in [7, 11) is -1.85. The molecule has 0 aliphatic rings. The molecule has 168 valence electrons. The highest BCUT2D eigenvalue weighted by Gasteiger charge is 2.34. The number of guanidine groups is 1. The minimum absolute atomic E-state index is 0. The number of hydrogen-bond donors (Lipinski definition) is 3. The lowest BCUT2D eigenvalue weighted by Crippen LogP contribution is -2.41. The minimum Gasteiger partial charge on any atom is -0.488 e. The molecule has 0 aromatic heterocycles.